The number of rotatable bonds is 2. The molecule has 2 aliphatic rings. The van der Waals surface area contributed by atoms with Gasteiger partial charge in [0.25, 0.3) is 0 Å². The number of nitrogens with one attached hydrogen (secondary N) is 1. The van der Waals surface area contributed by atoms with E-state index in [2.05, 4.69) is 12.2 Å². The normalized spacial score (nSPS) is 33.6. The van der Waals surface area contributed by atoms with Crippen LogP contribution >= 0.6 is 0 Å². The Hall–Kier alpha value is -0.570. The van der Waals surface area contributed by atoms with E-state index >= 15 is 0 Å². The Bertz CT molecular complexity index is 251. The third kappa shape index (κ3) is 2.57. The van der Waals surface area contributed by atoms with Crippen LogP contribution in [0.1, 0.15) is 58.3 Å². The minimum absolute atomic E-state index is 0.0838. The molecule has 0 spiro atoms. The van der Waals surface area contributed by atoms with Crippen LogP contribution in [0.5, 0.6) is 0 Å². The van der Waals surface area contributed by atoms with Gasteiger partial charge in [0.15, 0.2) is 0 Å². The van der Waals surface area contributed by atoms with Crippen molar-refractivity contribution in [3.63, 3.8) is 0 Å². The predicted octanol–water partition coefficient (Wildman–Crippen LogP) is 1.95. The molecule has 0 aromatic heterocycles. The van der Waals surface area contributed by atoms with E-state index in [0.29, 0.717) is 12.1 Å². The lowest BCUT2D eigenvalue weighted by Gasteiger charge is -2.30. The molecule has 0 saturated heterocycles. The van der Waals surface area contributed by atoms with Crippen molar-refractivity contribution in [2.75, 3.05) is 0 Å². The summed E-state index contributed by atoms with van der Waals surface area (Å²) >= 11 is 0. The summed E-state index contributed by atoms with van der Waals surface area (Å²) < 4.78 is 0. The number of hydrogen-bond acceptors (Lipinski definition) is 2. The van der Waals surface area contributed by atoms with Gasteiger partial charge in [-0.15, -0.1) is 0 Å². The largest absolute Gasteiger partial charge is 0.353 e. The summed E-state index contributed by atoms with van der Waals surface area (Å²) in [6, 6.07) is 0.736. The van der Waals surface area contributed by atoms with Crippen LogP contribution in [0, 0.1) is 5.41 Å². The van der Waals surface area contributed by atoms with Gasteiger partial charge >= 0.3 is 0 Å². The quantitative estimate of drug-likeness (QED) is 0.753. The molecule has 1 amide bonds. The molecule has 0 aromatic rings. The van der Waals surface area contributed by atoms with E-state index in [1.807, 2.05) is 0 Å². The first-order chi connectivity index (χ1) is 7.60. The zero-order valence-corrected chi connectivity index (χ0v) is 10.3. The van der Waals surface area contributed by atoms with Crippen LogP contribution in [0.15, 0.2) is 0 Å². The first-order valence-electron chi connectivity index (χ1n) is 6.67. The summed E-state index contributed by atoms with van der Waals surface area (Å²) in [4.78, 5) is 12.2. The zero-order chi connectivity index (χ0) is 11.6. The molecule has 0 radical (unpaired) electrons. The summed E-state index contributed by atoms with van der Waals surface area (Å²) in [5.41, 5.74) is 5.78. The van der Waals surface area contributed by atoms with Crippen LogP contribution in [0.3, 0.4) is 0 Å². The first kappa shape index (κ1) is 11.9. The second-order valence-corrected chi connectivity index (χ2v) is 5.85. The van der Waals surface area contributed by atoms with Crippen LogP contribution in [0.2, 0.25) is 0 Å². The molecule has 92 valence electrons. The first-order valence-corrected chi connectivity index (χ1v) is 6.67. The predicted molar refractivity (Wildman–Crippen MR) is 64.9 cm³/mol. The number of nitrogens with two attached hydrogens (primary N) is 1. The molecular formula is C13H24N2O. The molecule has 0 atom stereocenters. The van der Waals surface area contributed by atoms with Crippen LogP contribution in [-0.2, 0) is 4.79 Å². The van der Waals surface area contributed by atoms with E-state index in [1.54, 1.807) is 0 Å². The van der Waals surface area contributed by atoms with E-state index in [1.165, 1.54) is 12.8 Å². The average Bonchev–Trinajstić information content (AvgIpc) is 2.70. The molecule has 3 N–H and O–H groups in total. The summed E-state index contributed by atoms with van der Waals surface area (Å²) in [5, 5.41) is 3.23. The van der Waals surface area contributed by atoms with E-state index < -0.39 is 0 Å². The van der Waals surface area contributed by atoms with Crippen molar-refractivity contribution in [2.24, 2.45) is 11.1 Å². The van der Waals surface area contributed by atoms with E-state index in [9.17, 15) is 4.79 Å². The zero-order valence-electron chi connectivity index (χ0n) is 10.3. The highest BCUT2D eigenvalue weighted by Crippen LogP contribution is 2.37. The molecule has 2 aliphatic carbocycles. The Morgan fingerprint density at radius 2 is 1.75 bits per heavy atom. The highest BCUT2D eigenvalue weighted by molar-refractivity contribution is 5.82. The maximum absolute atomic E-state index is 12.2. The maximum Gasteiger partial charge on any atom is 0.226 e. The lowest BCUT2D eigenvalue weighted by molar-refractivity contribution is -0.130. The number of carbonyl (C=O) groups excluding carboxylic acids is 1. The second-order valence-electron chi connectivity index (χ2n) is 5.85. The molecule has 0 bridgehead atoms. The van der Waals surface area contributed by atoms with Crippen molar-refractivity contribution in [2.45, 2.75) is 70.4 Å². The van der Waals surface area contributed by atoms with Gasteiger partial charge in [-0.2, -0.15) is 0 Å². The van der Waals surface area contributed by atoms with Gasteiger partial charge in [0, 0.05) is 17.5 Å². The van der Waals surface area contributed by atoms with Crippen molar-refractivity contribution in [3.05, 3.63) is 0 Å². The van der Waals surface area contributed by atoms with Gasteiger partial charge in [-0.25, -0.2) is 0 Å². The summed E-state index contributed by atoms with van der Waals surface area (Å²) in [6.45, 7) is 2.11. The van der Waals surface area contributed by atoms with Gasteiger partial charge in [-0.05, 0) is 38.5 Å². The minimum atomic E-state index is -0.0838. The second kappa shape index (κ2) is 4.74. The summed E-state index contributed by atoms with van der Waals surface area (Å²) in [6.07, 6.45) is 8.77. The molecule has 0 aromatic carbocycles. The topological polar surface area (TPSA) is 55.1 Å². The molecule has 2 rings (SSSR count). The van der Waals surface area contributed by atoms with Crippen molar-refractivity contribution in [1.29, 1.82) is 0 Å². The molecule has 16 heavy (non-hydrogen) atoms. The van der Waals surface area contributed by atoms with Gasteiger partial charge in [0.1, 0.15) is 0 Å². The number of amides is 1. The molecular weight excluding hydrogens is 200 g/mol. The smallest absolute Gasteiger partial charge is 0.226 e. The van der Waals surface area contributed by atoms with Crippen LogP contribution in [0.25, 0.3) is 0 Å². The SMILES string of the molecule is CC1(C(=O)NC2CCC(N)CC2)CCCC1. The lowest BCUT2D eigenvalue weighted by Crippen LogP contribution is -2.45. The van der Waals surface area contributed by atoms with Crippen molar-refractivity contribution in [3.8, 4) is 0 Å². The molecule has 0 aliphatic heterocycles. The van der Waals surface area contributed by atoms with E-state index in [-0.39, 0.29) is 11.3 Å². The number of hydrogen-bond donors (Lipinski definition) is 2. The fourth-order valence-electron chi connectivity index (χ4n) is 3.01. The Morgan fingerprint density at radius 3 is 2.31 bits per heavy atom. The van der Waals surface area contributed by atoms with Crippen LogP contribution in [-0.4, -0.2) is 18.0 Å². The van der Waals surface area contributed by atoms with Crippen molar-refractivity contribution < 1.29 is 4.79 Å². The minimum Gasteiger partial charge on any atom is -0.353 e. The molecule has 3 heteroatoms. The molecule has 0 unspecified atom stereocenters. The van der Waals surface area contributed by atoms with E-state index in [0.717, 1.165) is 38.5 Å². The molecule has 3 nitrogen and oxygen atoms in total. The number of carbonyl (C=O) groups is 1. The Balaban J connectivity index is 1.83. The highest BCUT2D eigenvalue weighted by Gasteiger charge is 2.37. The van der Waals surface area contributed by atoms with Crippen molar-refractivity contribution >= 4 is 5.91 Å². The third-order valence-corrected chi connectivity index (χ3v) is 4.36. The van der Waals surface area contributed by atoms with Crippen molar-refractivity contribution in [1.82, 2.24) is 5.32 Å². The van der Waals surface area contributed by atoms with Gasteiger partial charge in [-0.1, -0.05) is 19.8 Å². The Morgan fingerprint density at radius 1 is 1.19 bits per heavy atom. The average molecular weight is 224 g/mol. The van der Waals surface area contributed by atoms with Gasteiger partial charge in [0.05, 0.1) is 0 Å². The van der Waals surface area contributed by atoms with Gasteiger partial charge in [-0.3, -0.25) is 4.79 Å². The standard InChI is InChI=1S/C13H24N2O/c1-13(8-2-3-9-13)12(16)15-11-6-4-10(14)5-7-11/h10-11H,2-9,14H2,1H3,(H,15,16). The molecule has 2 saturated carbocycles. The third-order valence-electron chi connectivity index (χ3n) is 4.36. The maximum atomic E-state index is 12.2. The van der Waals surface area contributed by atoms with E-state index in [4.69, 9.17) is 5.73 Å². The molecule has 0 heterocycles. The monoisotopic (exact) mass is 224 g/mol. The summed E-state index contributed by atoms with van der Waals surface area (Å²) in [5.74, 6) is 0.283. The fraction of sp³-hybridized carbons (Fsp3) is 0.923. The Kier molecular flexibility index (Phi) is 3.53. The van der Waals surface area contributed by atoms with Gasteiger partial charge in [0.2, 0.25) is 5.91 Å². The van der Waals surface area contributed by atoms with Crippen LogP contribution < -0.4 is 11.1 Å². The van der Waals surface area contributed by atoms with Crippen LogP contribution in [0.4, 0.5) is 0 Å². The molecule has 2 fully saturated rings. The highest BCUT2D eigenvalue weighted by atomic mass is 16.2. The lowest BCUT2D eigenvalue weighted by atomic mass is 9.86. The summed E-state index contributed by atoms with van der Waals surface area (Å²) in [7, 11) is 0. The van der Waals surface area contributed by atoms with Gasteiger partial charge < -0.3 is 11.1 Å². The Labute approximate surface area is 98.2 Å². The fourth-order valence-corrected chi connectivity index (χ4v) is 3.01.